The molecule has 0 aliphatic carbocycles. The van der Waals surface area contributed by atoms with Gasteiger partial charge in [-0.3, -0.25) is 14.4 Å². The van der Waals surface area contributed by atoms with Crippen molar-refractivity contribution < 1.29 is 14.4 Å². The topological polar surface area (TPSA) is 109 Å². The van der Waals surface area contributed by atoms with Gasteiger partial charge >= 0.3 is 0 Å². The molecule has 8 heteroatoms. The van der Waals surface area contributed by atoms with E-state index in [1.807, 2.05) is 24.3 Å². The highest BCUT2D eigenvalue weighted by atomic mass is 16.2. The van der Waals surface area contributed by atoms with Gasteiger partial charge in [-0.2, -0.15) is 0 Å². The Morgan fingerprint density at radius 3 is 2.71 bits per heavy atom. The third-order valence-electron chi connectivity index (χ3n) is 5.57. The van der Waals surface area contributed by atoms with E-state index in [0.717, 1.165) is 5.56 Å². The number of nitrogens with zero attached hydrogens (tertiary/aromatic N) is 4. The van der Waals surface area contributed by atoms with Gasteiger partial charge in [-0.05, 0) is 31.9 Å². The Hall–Kier alpha value is -3.29. The summed E-state index contributed by atoms with van der Waals surface area (Å²) in [7, 11) is 0. The molecule has 1 atom stereocenters. The van der Waals surface area contributed by atoms with E-state index in [1.54, 1.807) is 18.7 Å². The van der Waals surface area contributed by atoms with Crippen LogP contribution in [0.2, 0.25) is 0 Å². The molecular formula is C20H21N5O3. The van der Waals surface area contributed by atoms with Gasteiger partial charge in [0.25, 0.3) is 5.91 Å². The van der Waals surface area contributed by atoms with Crippen LogP contribution in [0.15, 0.2) is 30.5 Å². The molecule has 3 amide bonds. The molecule has 4 rings (SSSR count). The number of amides is 3. The zero-order chi connectivity index (χ0) is 20.1. The molecular weight excluding hydrogens is 358 g/mol. The van der Waals surface area contributed by atoms with Gasteiger partial charge in [-0.15, -0.1) is 0 Å². The van der Waals surface area contributed by atoms with Crippen molar-refractivity contribution in [3.63, 3.8) is 0 Å². The average Bonchev–Trinajstić information content (AvgIpc) is 3.19. The van der Waals surface area contributed by atoms with Crippen molar-refractivity contribution >= 4 is 23.4 Å². The largest absolute Gasteiger partial charge is 0.368 e. The van der Waals surface area contributed by atoms with Gasteiger partial charge in [0.1, 0.15) is 12.4 Å². The second-order valence-corrected chi connectivity index (χ2v) is 7.35. The van der Waals surface area contributed by atoms with Crippen molar-refractivity contribution in [3.05, 3.63) is 53.1 Å². The molecule has 1 aromatic heterocycles. The Morgan fingerprint density at radius 1 is 1.25 bits per heavy atom. The number of anilines is 1. The van der Waals surface area contributed by atoms with Crippen molar-refractivity contribution in [3.8, 4) is 0 Å². The fraction of sp³-hybridized carbons (Fsp3) is 0.350. The van der Waals surface area contributed by atoms with Crippen LogP contribution in [0.1, 0.15) is 33.9 Å². The third-order valence-corrected chi connectivity index (χ3v) is 5.57. The molecule has 1 aromatic carbocycles. The number of fused-ring (bicyclic) bond motifs is 2. The van der Waals surface area contributed by atoms with Crippen molar-refractivity contribution in [1.82, 2.24) is 14.9 Å². The number of likely N-dealkylation sites (tertiary alicyclic amines) is 1. The SMILES string of the molecule is Cc1ncc(C(=O)N2CC[C@]3(C2)C(=O)N(CC(N)=O)c2ccccc23)c(C)n1. The van der Waals surface area contributed by atoms with Crippen LogP contribution < -0.4 is 10.6 Å². The molecule has 8 nitrogen and oxygen atoms in total. The lowest BCUT2D eigenvalue weighted by atomic mass is 9.81. The minimum absolute atomic E-state index is 0.170. The number of aromatic nitrogens is 2. The van der Waals surface area contributed by atoms with E-state index in [4.69, 9.17) is 5.73 Å². The van der Waals surface area contributed by atoms with Crippen molar-refractivity contribution in [1.29, 1.82) is 0 Å². The second kappa shape index (κ2) is 6.40. The highest BCUT2D eigenvalue weighted by molar-refractivity contribution is 6.11. The summed E-state index contributed by atoms with van der Waals surface area (Å²) in [5, 5.41) is 0. The highest BCUT2D eigenvalue weighted by Gasteiger charge is 2.55. The summed E-state index contributed by atoms with van der Waals surface area (Å²) >= 11 is 0. The first-order valence-electron chi connectivity index (χ1n) is 9.13. The summed E-state index contributed by atoms with van der Waals surface area (Å²) < 4.78 is 0. The lowest BCUT2D eigenvalue weighted by Gasteiger charge is -2.24. The first-order valence-corrected chi connectivity index (χ1v) is 9.13. The number of carbonyl (C=O) groups is 3. The first kappa shape index (κ1) is 18.1. The third kappa shape index (κ3) is 2.64. The molecule has 144 valence electrons. The molecule has 2 aromatic rings. The minimum atomic E-state index is -0.846. The maximum atomic E-state index is 13.3. The van der Waals surface area contributed by atoms with Gasteiger partial charge < -0.3 is 15.5 Å². The maximum Gasteiger partial charge on any atom is 0.257 e. The molecule has 0 unspecified atom stereocenters. The average molecular weight is 379 g/mol. The Balaban J connectivity index is 1.68. The highest BCUT2D eigenvalue weighted by Crippen LogP contribution is 2.47. The molecule has 0 radical (unpaired) electrons. The molecule has 28 heavy (non-hydrogen) atoms. The lowest BCUT2D eigenvalue weighted by molar-refractivity contribution is -0.125. The predicted molar refractivity (Wildman–Crippen MR) is 102 cm³/mol. The second-order valence-electron chi connectivity index (χ2n) is 7.35. The molecule has 1 fully saturated rings. The number of benzene rings is 1. The van der Waals surface area contributed by atoms with Gasteiger partial charge in [0, 0.05) is 25.0 Å². The van der Waals surface area contributed by atoms with E-state index >= 15 is 0 Å². The summed E-state index contributed by atoms with van der Waals surface area (Å²) in [5.74, 6) is -0.333. The van der Waals surface area contributed by atoms with Crippen LogP contribution in [0.5, 0.6) is 0 Å². The van der Waals surface area contributed by atoms with Gasteiger partial charge in [0.2, 0.25) is 11.8 Å². The fourth-order valence-electron chi connectivity index (χ4n) is 4.25. The first-order chi connectivity index (χ1) is 13.3. The molecule has 0 bridgehead atoms. The van der Waals surface area contributed by atoms with Gasteiger partial charge in [-0.1, -0.05) is 18.2 Å². The summed E-state index contributed by atoms with van der Waals surface area (Å²) in [6, 6.07) is 7.39. The Kier molecular flexibility index (Phi) is 4.14. The van der Waals surface area contributed by atoms with Crippen molar-refractivity contribution in [2.75, 3.05) is 24.5 Å². The van der Waals surface area contributed by atoms with E-state index in [-0.39, 0.29) is 24.9 Å². The molecule has 0 saturated carbocycles. The number of primary amides is 1. The van der Waals surface area contributed by atoms with Crippen LogP contribution >= 0.6 is 0 Å². The van der Waals surface area contributed by atoms with Gasteiger partial charge in [0.15, 0.2) is 0 Å². The number of hydrogen-bond donors (Lipinski definition) is 1. The van der Waals surface area contributed by atoms with Crippen LogP contribution in [0.25, 0.3) is 0 Å². The van der Waals surface area contributed by atoms with E-state index in [1.165, 1.54) is 11.1 Å². The molecule has 1 spiro atoms. The number of para-hydroxylation sites is 1. The number of carbonyl (C=O) groups excluding carboxylic acids is 3. The van der Waals surface area contributed by atoms with Crippen LogP contribution in [0, 0.1) is 13.8 Å². The predicted octanol–water partition coefficient (Wildman–Crippen LogP) is 0.709. The fourth-order valence-corrected chi connectivity index (χ4v) is 4.25. The zero-order valence-electron chi connectivity index (χ0n) is 15.8. The monoisotopic (exact) mass is 379 g/mol. The smallest absolute Gasteiger partial charge is 0.257 e. The van der Waals surface area contributed by atoms with Crippen molar-refractivity contribution in [2.24, 2.45) is 5.73 Å². The van der Waals surface area contributed by atoms with Gasteiger partial charge in [-0.25, -0.2) is 9.97 Å². The van der Waals surface area contributed by atoms with Gasteiger partial charge in [0.05, 0.1) is 16.7 Å². The lowest BCUT2D eigenvalue weighted by Crippen LogP contribution is -2.45. The van der Waals surface area contributed by atoms with Crippen molar-refractivity contribution in [2.45, 2.75) is 25.7 Å². The standard InChI is InChI=1S/C20H21N5O3/c1-12-14(9-22-13(2)23-12)18(27)24-8-7-20(11-24)15-5-3-4-6-16(15)25(19(20)28)10-17(21)26/h3-6,9H,7-8,10-11H2,1-2H3,(H2,21,26)/t20-/m1/s1. The molecule has 3 heterocycles. The van der Waals surface area contributed by atoms with Crippen LogP contribution in [0.3, 0.4) is 0 Å². The molecule has 2 aliphatic heterocycles. The van der Waals surface area contributed by atoms with E-state index in [9.17, 15) is 14.4 Å². The van der Waals surface area contributed by atoms with Crippen LogP contribution in [-0.4, -0.2) is 52.2 Å². The summed E-state index contributed by atoms with van der Waals surface area (Å²) in [4.78, 5) is 49.3. The van der Waals surface area contributed by atoms with E-state index in [0.29, 0.717) is 35.7 Å². The Bertz CT molecular complexity index is 1010. The quantitative estimate of drug-likeness (QED) is 0.845. The Labute approximate surface area is 162 Å². The normalized spacial score (nSPS) is 20.7. The summed E-state index contributed by atoms with van der Waals surface area (Å²) in [6.07, 6.45) is 2.03. The molecule has 2 N–H and O–H groups in total. The molecule has 2 aliphatic rings. The van der Waals surface area contributed by atoms with Crippen LogP contribution in [-0.2, 0) is 15.0 Å². The van der Waals surface area contributed by atoms with E-state index in [2.05, 4.69) is 9.97 Å². The van der Waals surface area contributed by atoms with Crippen LogP contribution in [0.4, 0.5) is 5.69 Å². The zero-order valence-corrected chi connectivity index (χ0v) is 15.8. The maximum absolute atomic E-state index is 13.3. The molecule has 1 saturated heterocycles. The number of aryl methyl sites for hydroxylation is 2. The summed E-state index contributed by atoms with van der Waals surface area (Å²) in [6.45, 7) is 4.07. The summed E-state index contributed by atoms with van der Waals surface area (Å²) in [5.41, 5.74) is 7.09. The number of nitrogens with two attached hydrogens (primary N) is 1. The van der Waals surface area contributed by atoms with E-state index < -0.39 is 11.3 Å². The number of rotatable bonds is 3. The number of hydrogen-bond acceptors (Lipinski definition) is 5. The minimum Gasteiger partial charge on any atom is -0.368 e. The Morgan fingerprint density at radius 2 is 2.00 bits per heavy atom.